The molecule has 0 aliphatic rings. The maximum atomic E-state index is 9.51. The van der Waals surface area contributed by atoms with Crippen LogP contribution in [0.3, 0.4) is 0 Å². The summed E-state index contributed by atoms with van der Waals surface area (Å²) in [6.07, 6.45) is 3.59. The maximum Gasteiger partial charge on any atom is 0.0942 e. The Kier molecular flexibility index (Phi) is 7.31. The lowest BCUT2D eigenvalue weighted by molar-refractivity contribution is 1.18. The summed E-state index contributed by atoms with van der Waals surface area (Å²) in [4.78, 5) is 13.2. The van der Waals surface area contributed by atoms with Crippen LogP contribution in [0.15, 0.2) is 267 Å². The van der Waals surface area contributed by atoms with Gasteiger partial charge in [0.2, 0.25) is 0 Å². The minimum Gasteiger partial charge on any atom is -0.310 e. The third-order valence-corrected chi connectivity index (χ3v) is 15.0. The van der Waals surface area contributed by atoms with E-state index in [0.29, 0.717) is 33.9 Å². The predicted molar refractivity (Wildman–Crippen MR) is 318 cm³/mol. The first-order valence-electron chi connectivity index (χ1n) is 30.1. The Balaban J connectivity index is 0.908. The van der Waals surface area contributed by atoms with Gasteiger partial charge in [-0.25, -0.2) is 0 Å². The molecule has 76 heavy (non-hydrogen) atoms. The van der Waals surface area contributed by atoms with Crippen LogP contribution in [0.25, 0.3) is 109 Å². The highest BCUT2D eigenvalue weighted by molar-refractivity contribution is 6.28. The summed E-state index contributed by atoms with van der Waals surface area (Å²) in [5.41, 5.74) is 10.6. The van der Waals surface area contributed by atoms with Crippen molar-refractivity contribution < 1.29 is 13.7 Å². The second-order valence-electron chi connectivity index (χ2n) is 19.0. The molecule has 6 nitrogen and oxygen atoms in total. The standard InChI is InChI=1S/C70H44N6/c1-3-23-51(24-4-1)73(57-37-39-61-67-55(57)35-33-45-15-9-29-59(65(45)67)75(61)63-31-11-17-47-21-13-41-71-69(47)63)53-27-7-19-49(43-53)50-20-8-28-54(44-50)74(52-25-5-2-6-26-52)58-38-40-62-68-56(58)36-34-46-16-10-30-60(66(46)68)76(62)64-32-12-18-48-22-14-42-72-70(48)64/h1-44H/i1D,2D,3D,4D,5D,6D,23D,24D,25D,26D. The molecule has 0 fully saturated rings. The number of anilines is 6. The van der Waals surface area contributed by atoms with E-state index in [9.17, 15) is 5.48 Å². The first kappa shape index (κ1) is 33.4. The van der Waals surface area contributed by atoms with Gasteiger partial charge in [-0.05, 0) is 131 Å². The number of hydrogen-bond donors (Lipinski definition) is 0. The Hall–Kier alpha value is -10.3. The fourth-order valence-corrected chi connectivity index (χ4v) is 11.9. The third kappa shape index (κ3) is 6.28. The van der Waals surface area contributed by atoms with Gasteiger partial charge < -0.3 is 18.9 Å². The molecule has 16 aromatic rings. The summed E-state index contributed by atoms with van der Waals surface area (Å²) in [5.74, 6) is 0. The van der Waals surface area contributed by atoms with Crippen LogP contribution in [0.5, 0.6) is 0 Å². The van der Waals surface area contributed by atoms with E-state index in [2.05, 4.69) is 57.7 Å². The number of hydrogen-bond acceptors (Lipinski definition) is 4. The molecule has 0 amide bonds. The number of rotatable bonds is 9. The van der Waals surface area contributed by atoms with E-state index in [1.807, 2.05) is 146 Å². The lowest BCUT2D eigenvalue weighted by atomic mass is 9.98. The first-order chi connectivity index (χ1) is 41.9. The van der Waals surface area contributed by atoms with Gasteiger partial charge >= 0.3 is 0 Å². The smallest absolute Gasteiger partial charge is 0.0942 e. The van der Waals surface area contributed by atoms with Gasteiger partial charge in [-0.3, -0.25) is 9.97 Å². The highest BCUT2D eigenvalue weighted by atomic mass is 15.2. The minimum absolute atomic E-state index is 0.0373. The van der Waals surface area contributed by atoms with E-state index in [4.69, 9.17) is 18.2 Å². The Morgan fingerprint density at radius 3 is 1.21 bits per heavy atom. The number of benzene rings is 12. The Bertz CT molecular complexity index is 5130. The van der Waals surface area contributed by atoms with Crippen molar-refractivity contribution in [2.45, 2.75) is 0 Å². The van der Waals surface area contributed by atoms with Gasteiger partial charge in [0.05, 0.1) is 69.6 Å². The molecule has 0 atom stereocenters. The monoisotopic (exact) mass is 978 g/mol. The lowest BCUT2D eigenvalue weighted by Crippen LogP contribution is -2.11. The Morgan fingerprint density at radius 2 is 0.737 bits per heavy atom. The molecule has 0 aliphatic carbocycles. The molecule has 0 unspecified atom stereocenters. The van der Waals surface area contributed by atoms with Crippen molar-refractivity contribution in [2.75, 3.05) is 9.80 Å². The van der Waals surface area contributed by atoms with E-state index in [1.165, 1.54) is 0 Å². The second kappa shape index (κ2) is 16.6. The molecular weight excluding hydrogens is 925 g/mol. The van der Waals surface area contributed by atoms with Crippen molar-refractivity contribution in [3.05, 3.63) is 267 Å². The zero-order chi connectivity index (χ0) is 58.5. The number of aromatic nitrogens is 4. The number of para-hydroxylation sites is 4. The summed E-state index contributed by atoms with van der Waals surface area (Å²) in [6.45, 7) is 0. The summed E-state index contributed by atoms with van der Waals surface area (Å²) in [5, 5.41) is 9.42. The van der Waals surface area contributed by atoms with Crippen LogP contribution in [0.2, 0.25) is 0 Å². The SMILES string of the molecule is [2H]c1c([2H])c([2H])c(N(c2cccc(-c3cccc(N(c4c([2H])c([2H])c([2H])c([2H])c4[2H])c4ccc5c6c4ccc4cccc(c46)n5-c4cccc5cccnc45)c3)c2)c2ccc3c4c2ccc2cccc(c24)n3-c2cccc3cccnc23)c([2H])c1[2H]. The van der Waals surface area contributed by atoms with Crippen molar-refractivity contribution in [1.82, 2.24) is 19.1 Å². The lowest BCUT2D eigenvalue weighted by Gasteiger charge is -2.28. The van der Waals surface area contributed by atoms with Crippen molar-refractivity contribution in [1.29, 1.82) is 0 Å². The number of pyridine rings is 2. The van der Waals surface area contributed by atoms with Crippen LogP contribution in [0.1, 0.15) is 13.7 Å². The average Bonchev–Trinajstić information content (AvgIpc) is 1.89. The third-order valence-electron chi connectivity index (χ3n) is 15.0. The molecule has 0 radical (unpaired) electrons. The van der Waals surface area contributed by atoms with Crippen molar-refractivity contribution >= 4 is 121 Å². The van der Waals surface area contributed by atoms with E-state index in [1.54, 1.807) is 22.2 Å². The van der Waals surface area contributed by atoms with Crippen LogP contribution in [0.4, 0.5) is 34.1 Å². The predicted octanol–water partition coefficient (Wildman–Crippen LogP) is 18.8. The highest BCUT2D eigenvalue weighted by Crippen LogP contribution is 2.49. The maximum absolute atomic E-state index is 9.51. The van der Waals surface area contributed by atoms with Gasteiger partial charge in [0.1, 0.15) is 0 Å². The molecule has 0 spiro atoms. The van der Waals surface area contributed by atoms with Gasteiger partial charge in [0, 0.05) is 78.2 Å². The second-order valence-corrected chi connectivity index (χ2v) is 19.0. The molecule has 16 rings (SSSR count). The van der Waals surface area contributed by atoms with Crippen molar-refractivity contribution in [2.24, 2.45) is 0 Å². The molecule has 0 saturated heterocycles. The molecular formula is C70H44N6. The van der Waals surface area contributed by atoms with Gasteiger partial charge in [-0.1, -0.05) is 145 Å². The number of fused-ring (bicyclic) bond motifs is 2. The van der Waals surface area contributed by atoms with Gasteiger partial charge in [0.25, 0.3) is 0 Å². The fourth-order valence-electron chi connectivity index (χ4n) is 11.9. The van der Waals surface area contributed by atoms with Gasteiger partial charge in [-0.15, -0.1) is 0 Å². The largest absolute Gasteiger partial charge is 0.310 e. The van der Waals surface area contributed by atoms with E-state index in [0.717, 1.165) is 98.3 Å². The quantitative estimate of drug-likeness (QED) is 0.135. The molecule has 4 aromatic heterocycles. The topological polar surface area (TPSA) is 42.1 Å². The summed E-state index contributed by atoms with van der Waals surface area (Å²) < 4.78 is 95.7. The van der Waals surface area contributed by atoms with Crippen LogP contribution in [0, 0.1) is 0 Å². The van der Waals surface area contributed by atoms with E-state index >= 15 is 0 Å². The van der Waals surface area contributed by atoms with Gasteiger partial charge in [-0.2, -0.15) is 0 Å². The molecule has 6 heteroatoms. The zero-order valence-electron chi connectivity index (χ0n) is 50.3. The molecule has 0 saturated carbocycles. The molecule has 0 aliphatic heterocycles. The molecule has 12 aromatic carbocycles. The molecule has 354 valence electrons. The Labute approximate surface area is 451 Å². The molecule has 4 heterocycles. The average molecular weight is 979 g/mol. The summed E-state index contributed by atoms with van der Waals surface area (Å²) in [7, 11) is 0. The van der Waals surface area contributed by atoms with Crippen LogP contribution in [-0.4, -0.2) is 19.1 Å². The van der Waals surface area contributed by atoms with Crippen LogP contribution in [-0.2, 0) is 0 Å². The molecule has 0 N–H and O–H groups in total. The summed E-state index contributed by atoms with van der Waals surface area (Å²) in [6, 6.07) is 59.5. The Morgan fingerprint density at radius 1 is 0.329 bits per heavy atom. The van der Waals surface area contributed by atoms with E-state index in [-0.39, 0.29) is 35.5 Å². The van der Waals surface area contributed by atoms with Crippen molar-refractivity contribution in [3.8, 4) is 22.5 Å². The highest BCUT2D eigenvalue weighted by Gasteiger charge is 2.26. The molecule has 0 bridgehead atoms. The van der Waals surface area contributed by atoms with E-state index < -0.39 is 36.3 Å². The van der Waals surface area contributed by atoms with Crippen LogP contribution >= 0.6 is 0 Å². The minimum atomic E-state index is -0.511. The van der Waals surface area contributed by atoms with Crippen LogP contribution < -0.4 is 9.80 Å². The van der Waals surface area contributed by atoms with Crippen molar-refractivity contribution in [3.63, 3.8) is 0 Å². The first-order valence-corrected chi connectivity index (χ1v) is 25.1. The fraction of sp³-hybridized carbons (Fsp3) is 0. The van der Waals surface area contributed by atoms with Gasteiger partial charge in [0.15, 0.2) is 0 Å². The number of nitrogens with zero attached hydrogens (tertiary/aromatic N) is 6. The normalized spacial score (nSPS) is 13.8. The zero-order valence-corrected chi connectivity index (χ0v) is 40.3. The summed E-state index contributed by atoms with van der Waals surface area (Å²) >= 11 is 0.